The number of thiocarbonyl (C=S) groups is 1. The minimum Gasteiger partial charge on any atom is -0.497 e. The largest absolute Gasteiger partial charge is 0.497 e. The maximum Gasteiger partial charge on any atom is 0.258 e. The van der Waals surface area contributed by atoms with Crippen LogP contribution in [0.2, 0.25) is 0 Å². The highest BCUT2D eigenvalue weighted by Crippen LogP contribution is 2.21. The van der Waals surface area contributed by atoms with E-state index in [1.54, 1.807) is 48.5 Å². The molecule has 8 N–H and O–H groups in total. The molecule has 14 nitrogen and oxygen atoms in total. The summed E-state index contributed by atoms with van der Waals surface area (Å²) in [5, 5.41) is 44.3. The molecule has 0 saturated carbocycles. The number of aromatic nitrogens is 2. The minimum atomic E-state index is -1.59. The quantitative estimate of drug-likeness (QED) is 0.124. The summed E-state index contributed by atoms with van der Waals surface area (Å²) in [6, 6.07) is 13.5. The van der Waals surface area contributed by atoms with E-state index < -0.39 is 49.1 Å². The van der Waals surface area contributed by atoms with Crippen LogP contribution >= 0.6 is 12.2 Å². The van der Waals surface area contributed by atoms with Crippen molar-refractivity contribution in [3.05, 3.63) is 54.1 Å². The number of aliphatic hydroxyl groups is 4. The van der Waals surface area contributed by atoms with Gasteiger partial charge in [-0.3, -0.25) is 25.8 Å². The van der Waals surface area contributed by atoms with E-state index in [1.807, 2.05) is 0 Å². The van der Waals surface area contributed by atoms with Crippen LogP contribution in [0.3, 0.4) is 0 Å². The van der Waals surface area contributed by atoms with Crippen LogP contribution in [-0.4, -0.2) is 91.3 Å². The Morgan fingerprint density at radius 1 is 1.05 bits per heavy atom. The van der Waals surface area contributed by atoms with Gasteiger partial charge in [0.1, 0.15) is 36.7 Å². The summed E-state index contributed by atoms with van der Waals surface area (Å²) in [6.07, 6.45) is -7.07. The summed E-state index contributed by atoms with van der Waals surface area (Å²) in [4.78, 5) is 30.0. The van der Waals surface area contributed by atoms with E-state index >= 15 is 0 Å². The van der Waals surface area contributed by atoms with Crippen molar-refractivity contribution >= 4 is 46.1 Å². The Kier molecular flexibility index (Phi) is 8.90. The minimum absolute atomic E-state index is 0.147. The fraction of sp³-hybridized carbons (Fsp3) is 0.333. The average Bonchev–Trinajstić information content (AvgIpc) is 3.28. The van der Waals surface area contributed by atoms with Gasteiger partial charge in [-0.1, -0.05) is 12.1 Å². The van der Waals surface area contributed by atoms with E-state index in [1.165, 1.54) is 11.7 Å². The fourth-order valence-electron chi connectivity index (χ4n) is 3.94. The molecule has 2 heterocycles. The maximum atomic E-state index is 12.8. The van der Waals surface area contributed by atoms with Crippen LogP contribution in [0.1, 0.15) is 10.4 Å². The van der Waals surface area contributed by atoms with Gasteiger partial charge in [0.15, 0.2) is 11.3 Å². The molecule has 2 amide bonds. The Labute approximate surface area is 227 Å². The first kappa shape index (κ1) is 28.2. The van der Waals surface area contributed by atoms with E-state index in [4.69, 9.17) is 21.7 Å². The number of rotatable bonds is 7. The number of imidazole rings is 1. The lowest BCUT2D eigenvalue weighted by Crippen LogP contribution is -2.64. The van der Waals surface area contributed by atoms with E-state index in [9.17, 15) is 30.0 Å². The van der Waals surface area contributed by atoms with Crippen molar-refractivity contribution in [1.82, 2.24) is 25.7 Å². The van der Waals surface area contributed by atoms with Crippen LogP contribution in [0.4, 0.5) is 5.95 Å². The van der Waals surface area contributed by atoms with Gasteiger partial charge in [-0.2, -0.15) is 0 Å². The van der Waals surface area contributed by atoms with Crippen molar-refractivity contribution in [2.45, 2.75) is 37.2 Å². The Hall–Kier alpha value is -3.86. The number of benzene rings is 2. The molecule has 0 spiro atoms. The van der Waals surface area contributed by atoms with Gasteiger partial charge in [-0.15, -0.1) is 0 Å². The number of aliphatic hydroxyl groups excluding tert-OH is 4. The molecule has 208 valence electrons. The molecule has 1 aliphatic rings. The molecule has 1 fully saturated rings. The number of hydrogen-bond donors (Lipinski definition) is 8. The third kappa shape index (κ3) is 6.42. The van der Waals surface area contributed by atoms with Crippen molar-refractivity contribution in [3.63, 3.8) is 0 Å². The summed E-state index contributed by atoms with van der Waals surface area (Å²) in [5.74, 6) is -0.246. The molecule has 0 unspecified atom stereocenters. The number of hydrazine groups is 1. The molecule has 1 saturated heterocycles. The Balaban J connectivity index is 1.40. The SMILES string of the molecule is COc1ccc(C(=O)Nc2nc3ccccc3n2CC(=O)NNC(=S)N[C@@H]2O[C@H](CO)[C@H](O)[C@H](O)[C@H]2O)cc1. The number of para-hydroxylation sites is 2. The predicted molar refractivity (Wildman–Crippen MR) is 141 cm³/mol. The van der Waals surface area contributed by atoms with Crippen molar-refractivity contribution in [1.29, 1.82) is 0 Å². The molecule has 39 heavy (non-hydrogen) atoms. The zero-order valence-corrected chi connectivity index (χ0v) is 21.5. The third-order valence-electron chi connectivity index (χ3n) is 6.01. The highest BCUT2D eigenvalue weighted by atomic mass is 32.1. The lowest BCUT2D eigenvalue weighted by atomic mass is 9.98. The number of fused-ring (bicyclic) bond motifs is 1. The first-order valence-electron chi connectivity index (χ1n) is 11.8. The van der Waals surface area contributed by atoms with Gasteiger partial charge in [-0.25, -0.2) is 4.98 Å². The Bertz CT molecular complexity index is 1330. The van der Waals surface area contributed by atoms with Crippen molar-refractivity contribution in [2.75, 3.05) is 19.0 Å². The van der Waals surface area contributed by atoms with Gasteiger partial charge in [0.05, 0.1) is 24.8 Å². The zero-order chi connectivity index (χ0) is 28.1. The monoisotopic (exact) mass is 560 g/mol. The second-order valence-corrected chi connectivity index (χ2v) is 9.00. The van der Waals surface area contributed by atoms with Crippen molar-refractivity contribution < 1.29 is 39.5 Å². The zero-order valence-electron chi connectivity index (χ0n) is 20.6. The van der Waals surface area contributed by atoms with E-state index in [2.05, 4.69) is 26.5 Å². The summed E-state index contributed by atoms with van der Waals surface area (Å²) < 4.78 is 12.0. The number of methoxy groups -OCH3 is 1. The molecule has 0 bridgehead atoms. The van der Waals surface area contributed by atoms with Crippen LogP contribution in [0.25, 0.3) is 11.0 Å². The standard InChI is InChI=1S/C24H28N6O8S/c1-37-13-8-6-12(7-9-13)21(36)26-23-25-14-4-2-3-5-15(14)30(23)10-17(32)28-29-24(39)27-22-20(35)19(34)18(33)16(11-31)38-22/h2-9,16,18-20,22,31,33-35H,10-11H2,1H3,(H,28,32)(H,25,26,36)(H2,27,29,39)/t16-,18+,19+,20-,22-/m1/s1. The van der Waals surface area contributed by atoms with Crippen LogP contribution in [0, 0.1) is 0 Å². The third-order valence-corrected chi connectivity index (χ3v) is 6.23. The Morgan fingerprint density at radius 2 is 1.77 bits per heavy atom. The number of ether oxygens (including phenoxy) is 2. The number of amides is 2. The first-order chi connectivity index (χ1) is 18.7. The predicted octanol–water partition coefficient (Wildman–Crippen LogP) is -1.41. The van der Waals surface area contributed by atoms with Gasteiger partial charge in [0, 0.05) is 5.56 Å². The molecule has 3 aromatic rings. The molecule has 15 heteroatoms. The lowest BCUT2D eigenvalue weighted by molar-refractivity contribution is -0.232. The molecular formula is C24H28N6O8S. The smallest absolute Gasteiger partial charge is 0.258 e. The second-order valence-electron chi connectivity index (χ2n) is 8.59. The van der Waals surface area contributed by atoms with E-state index in [-0.39, 0.29) is 17.6 Å². The highest BCUT2D eigenvalue weighted by molar-refractivity contribution is 7.80. The van der Waals surface area contributed by atoms with Gasteiger partial charge >= 0.3 is 0 Å². The van der Waals surface area contributed by atoms with Crippen molar-refractivity contribution in [2.24, 2.45) is 0 Å². The number of carbonyl (C=O) groups excluding carboxylic acids is 2. The van der Waals surface area contributed by atoms with Crippen molar-refractivity contribution in [3.8, 4) is 5.75 Å². The lowest BCUT2D eigenvalue weighted by Gasteiger charge is -2.40. The van der Waals surface area contributed by atoms with Gasteiger partial charge in [0.2, 0.25) is 5.95 Å². The summed E-state index contributed by atoms with van der Waals surface area (Å²) >= 11 is 5.11. The van der Waals surface area contributed by atoms with Crippen LogP contribution in [0.15, 0.2) is 48.5 Å². The molecule has 0 aliphatic carbocycles. The summed E-state index contributed by atoms with van der Waals surface area (Å²) in [6.45, 7) is -0.856. The van der Waals surface area contributed by atoms with Gasteiger partial charge in [0.25, 0.3) is 11.8 Å². The molecule has 4 rings (SSSR count). The highest BCUT2D eigenvalue weighted by Gasteiger charge is 2.43. The molecule has 2 aromatic carbocycles. The summed E-state index contributed by atoms with van der Waals surface area (Å²) in [7, 11) is 1.52. The summed E-state index contributed by atoms with van der Waals surface area (Å²) in [5.41, 5.74) is 6.37. The normalized spacial score (nSPS) is 22.6. The molecular weight excluding hydrogens is 532 g/mol. The molecule has 0 radical (unpaired) electrons. The maximum absolute atomic E-state index is 12.8. The molecule has 1 aliphatic heterocycles. The Morgan fingerprint density at radius 3 is 2.46 bits per heavy atom. The van der Waals surface area contributed by atoms with E-state index in [0.29, 0.717) is 22.3 Å². The number of anilines is 1. The number of hydrogen-bond acceptors (Lipinski definition) is 10. The number of nitrogens with one attached hydrogen (secondary N) is 4. The fourth-order valence-corrected chi connectivity index (χ4v) is 4.11. The van der Waals surface area contributed by atoms with Crippen LogP contribution < -0.4 is 26.2 Å². The average molecular weight is 561 g/mol. The number of nitrogens with zero attached hydrogens (tertiary/aromatic N) is 2. The van der Waals surface area contributed by atoms with Crippen LogP contribution in [0.5, 0.6) is 5.75 Å². The molecule has 1 aromatic heterocycles. The molecule has 5 atom stereocenters. The van der Waals surface area contributed by atoms with Gasteiger partial charge in [-0.05, 0) is 48.6 Å². The van der Waals surface area contributed by atoms with E-state index in [0.717, 1.165) is 0 Å². The van der Waals surface area contributed by atoms with Gasteiger partial charge < -0.3 is 39.8 Å². The number of carbonyl (C=O) groups is 2. The first-order valence-corrected chi connectivity index (χ1v) is 12.2. The van der Waals surface area contributed by atoms with Crippen LogP contribution in [-0.2, 0) is 16.1 Å². The second kappa shape index (κ2) is 12.3. The topological polar surface area (TPSA) is 199 Å².